The van der Waals surface area contributed by atoms with Gasteiger partial charge in [0, 0.05) is 22.1 Å². The normalized spacial score (nSPS) is 13.0. The molecule has 0 amide bonds. The lowest BCUT2D eigenvalue weighted by Crippen LogP contribution is -2.04. The summed E-state index contributed by atoms with van der Waals surface area (Å²) in [5, 5.41) is 8.42. The molecule has 0 unspecified atom stereocenters. The molecule has 2 aromatic carbocycles. The third-order valence-electron chi connectivity index (χ3n) is 4.51. The van der Waals surface area contributed by atoms with E-state index in [2.05, 4.69) is 71.5 Å². The number of aromatic nitrogens is 2. The van der Waals surface area contributed by atoms with Crippen LogP contribution >= 0.6 is 15.9 Å². The maximum absolute atomic E-state index is 4.93. The molecule has 0 spiro atoms. The third-order valence-corrected chi connectivity index (χ3v) is 5.21. The Morgan fingerprint density at radius 3 is 2.70 bits per heavy atom. The van der Waals surface area contributed by atoms with Crippen molar-refractivity contribution in [2.75, 3.05) is 11.9 Å². The van der Waals surface area contributed by atoms with Gasteiger partial charge in [-0.3, -0.25) is 0 Å². The summed E-state index contributed by atoms with van der Waals surface area (Å²) in [6.45, 7) is 5.25. The van der Waals surface area contributed by atoms with E-state index < -0.39 is 0 Å². The van der Waals surface area contributed by atoms with Crippen molar-refractivity contribution in [2.45, 2.75) is 20.3 Å². The van der Waals surface area contributed by atoms with Gasteiger partial charge in [-0.25, -0.2) is 4.68 Å². The standard InChI is InChI=1S/C19H18BrN3/c1-12-7-8-14(11-13(12)2)23-19-16(9-10-21-19)18(22-23)15-5-3-4-6-17(15)20/h3-8,11,21H,9-10H2,1-2H3. The summed E-state index contributed by atoms with van der Waals surface area (Å²) < 4.78 is 3.13. The van der Waals surface area contributed by atoms with Crippen molar-refractivity contribution in [3.63, 3.8) is 0 Å². The zero-order valence-electron chi connectivity index (χ0n) is 13.2. The van der Waals surface area contributed by atoms with Gasteiger partial charge in [-0.2, -0.15) is 5.10 Å². The van der Waals surface area contributed by atoms with E-state index in [9.17, 15) is 0 Å². The summed E-state index contributed by atoms with van der Waals surface area (Å²) in [7, 11) is 0. The first-order chi connectivity index (χ1) is 11.1. The van der Waals surface area contributed by atoms with E-state index in [1.165, 1.54) is 16.7 Å². The van der Waals surface area contributed by atoms with Crippen molar-refractivity contribution in [1.29, 1.82) is 0 Å². The fraction of sp³-hybridized carbons (Fsp3) is 0.211. The number of hydrogen-bond acceptors (Lipinski definition) is 2. The molecule has 0 aliphatic carbocycles. The van der Waals surface area contributed by atoms with Crippen LogP contribution in [0.5, 0.6) is 0 Å². The average molecular weight is 368 g/mol. The second-order valence-corrected chi connectivity index (χ2v) is 6.87. The van der Waals surface area contributed by atoms with E-state index in [1.807, 2.05) is 10.7 Å². The zero-order chi connectivity index (χ0) is 16.0. The van der Waals surface area contributed by atoms with Crippen LogP contribution in [0.1, 0.15) is 16.7 Å². The second kappa shape index (κ2) is 5.53. The summed E-state index contributed by atoms with van der Waals surface area (Å²) in [6, 6.07) is 14.8. The number of rotatable bonds is 2. The average Bonchev–Trinajstić information content (AvgIpc) is 3.13. The molecule has 1 N–H and O–H groups in total. The molecule has 116 valence electrons. The molecule has 0 atom stereocenters. The van der Waals surface area contributed by atoms with Gasteiger partial charge in [0.15, 0.2) is 0 Å². The van der Waals surface area contributed by atoms with E-state index >= 15 is 0 Å². The Labute approximate surface area is 144 Å². The van der Waals surface area contributed by atoms with Gasteiger partial charge in [0.25, 0.3) is 0 Å². The maximum atomic E-state index is 4.93. The van der Waals surface area contributed by atoms with E-state index in [-0.39, 0.29) is 0 Å². The molecule has 2 heterocycles. The number of aryl methyl sites for hydroxylation is 2. The van der Waals surface area contributed by atoms with Crippen LogP contribution in [0.25, 0.3) is 16.9 Å². The third kappa shape index (κ3) is 2.38. The lowest BCUT2D eigenvalue weighted by molar-refractivity contribution is 0.880. The molecule has 1 aliphatic heterocycles. The van der Waals surface area contributed by atoms with Crippen LogP contribution in [0.4, 0.5) is 5.82 Å². The molecule has 1 aliphatic rings. The molecule has 4 heteroatoms. The highest BCUT2D eigenvalue weighted by Gasteiger charge is 2.24. The number of hydrogen-bond donors (Lipinski definition) is 1. The second-order valence-electron chi connectivity index (χ2n) is 6.01. The summed E-state index contributed by atoms with van der Waals surface area (Å²) in [6.07, 6.45) is 1.01. The molecular weight excluding hydrogens is 350 g/mol. The smallest absolute Gasteiger partial charge is 0.133 e. The molecule has 0 fully saturated rings. The number of anilines is 1. The van der Waals surface area contributed by atoms with Crippen LogP contribution in [0.2, 0.25) is 0 Å². The van der Waals surface area contributed by atoms with Gasteiger partial charge in [-0.1, -0.05) is 40.2 Å². The Morgan fingerprint density at radius 2 is 1.91 bits per heavy atom. The van der Waals surface area contributed by atoms with Crippen LogP contribution in [-0.4, -0.2) is 16.3 Å². The summed E-state index contributed by atoms with van der Waals surface area (Å²) >= 11 is 3.66. The molecule has 1 aromatic heterocycles. The number of nitrogens with zero attached hydrogens (tertiary/aromatic N) is 2. The minimum atomic E-state index is 0.968. The number of benzene rings is 2. The van der Waals surface area contributed by atoms with Gasteiger partial charge in [0.2, 0.25) is 0 Å². The predicted molar refractivity (Wildman–Crippen MR) is 98.4 cm³/mol. The zero-order valence-corrected chi connectivity index (χ0v) is 14.8. The van der Waals surface area contributed by atoms with Gasteiger partial charge in [-0.15, -0.1) is 0 Å². The number of halogens is 1. The summed E-state index contributed by atoms with van der Waals surface area (Å²) in [5.74, 6) is 1.12. The molecule has 4 rings (SSSR count). The van der Waals surface area contributed by atoms with Gasteiger partial charge >= 0.3 is 0 Å². The van der Waals surface area contributed by atoms with Crippen LogP contribution in [-0.2, 0) is 6.42 Å². The lowest BCUT2D eigenvalue weighted by atomic mass is 10.1. The quantitative estimate of drug-likeness (QED) is 0.698. The number of fused-ring (bicyclic) bond motifs is 1. The largest absolute Gasteiger partial charge is 0.369 e. The SMILES string of the molecule is Cc1ccc(-n2nc(-c3ccccc3Br)c3c2NCC3)cc1C. The summed E-state index contributed by atoms with van der Waals surface area (Å²) in [4.78, 5) is 0. The molecule has 0 radical (unpaired) electrons. The molecule has 0 saturated heterocycles. The van der Waals surface area contributed by atoms with Gasteiger partial charge < -0.3 is 5.32 Å². The van der Waals surface area contributed by atoms with Gasteiger partial charge in [0.05, 0.1) is 11.4 Å². The molecule has 3 aromatic rings. The monoisotopic (exact) mass is 367 g/mol. The van der Waals surface area contributed by atoms with E-state index in [4.69, 9.17) is 5.10 Å². The van der Waals surface area contributed by atoms with Crippen molar-refractivity contribution in [2.24, 2.45) is 0 Å². The first kappa shape index (κ1) is 14.5. The Kier molecular flexibility index (Phi) is 3.49. The van der Waals surface area contributed by atoms with Crippen molar-refractivity contribution in [1.82, 2.24) is 9.78 Å². The molecule has 23 heavy (non-hydrogen) atoms. The minimum Gasteiger partial charge on any atom is -0.369 e. The maximum Gasteiger partial charge on any atom is 0.133 e. The fourth-order valence-corrected chi connectivity index (χ4v) is 3.56. The Balaban J connectivity index is 1.91. The van der Waals surface area contributed by atoms with Crippen LogP contribution in [0, 0.1) is 13.8 Å². The van der Waals surface area contributed by atoms with Crippen molar-refractivity contribution >= 4 is 21.7 Å². The Hall–Kier alpha value is -2.07. The van der Waals surface area contributed by atoms with E-state index in [1.54, 1.807) is 0 Å². The number of nitrogens with one attached hydrogen (secondary N) is 1. The molecule has 3 nitrogen and oxygen atoms in total. The molecule has 0 bridgehead atoms. The fourth-order valence-electron chi connectivity index (χ4n) is 3.09. The van der Waals surface area contributed by atoms with Gasteiger partial charge in [-0.05, 0) is 49.6 Å². The van der Waals surface area contributed by atoms with Crippen molar-refractivity contribution < 1.29 is 0 Å². The molecular formula is C19H18BrN3. The van der Waals surface area contributed by atoms with E-state index in [0.29, 0.717) is 0 Å². The lowest BCUT2D eigenvalue weighted by Gasteiger charge is -2.09. The van der Waals surface area contributed by atoms with Crippen molar-refractivity contribution in [3.05, 3.63) is 63.6 Å². The van der Waals surface area contributed by atoms with Gasteiger partial charge in [0.1, 0.15) is 5.82 Å². The topological polar surface area (TPSA) is 29.9 Å². The van der Waals surface area contributed by atoms with Crippen LogP contribution in [0.3, 0.4) is 0 Å². The highest BCUT2D eigenvalue weighted by Crippen LogP contribution is 2.37. The van der Waals surface area contributed by atoms with Crippen LogP contribution in [0.15, 0.2) is 46.9 Å². The highest BCUT2D eigenvalue weighted by molar-refractivity contribution is 9.10. The minimum absolute atomic E-state index is 0.968. The Bertz CT molecular complexity index is 896. The Morgan fingerprint density at radius 1 is 1.09 bits per heavy atom. The molecule has 0 saturated carbocycles. The predicted octanol–water partition coefficient (Wildman–Crippen LogP) is 4.89. The first-order valence-corrected chi connectivity index (χ1v) is 8.63. The van der Waals surface area contributed by atoms with E-state index in [0.717, 1.165) is 40.2 Å². The van der Waals surface area contributed by atoms with Crippen LogP contribution < -0.4 is 5.32 Å². The first-order valence-electron chi connectivity index (χ1n) is 7.83. The highest BCUT2D eigenvalue weighted by atomic mass is 79.9. The van der Waals surface area contributed by atoms with Crippen molar-refractivity contribution in [3.8, 4) is 16.9 Å². The summed E-state index contributed by atoms with van der Waals surface area (Å²) in [5.41, 5.74) is 7.21.